The van der Waals surface area contributed by atoms with E-state index in [-0.39, 0.29) is 17.9 Å². The molecule has 2 aromatic heterocycles. The zero-order valence-electron chi connectivity index (χ0n) is 20.4. The summed E-state index contributed by atoms with van der Waals surface area (Å²) in [6, 6.07) is 18.5. The van der Waals surface area contributed by atoms with Gasteiger partial charge in [-0.1, -0.05) is 30.3 Å². The van der Waals surface area contributed by atoms with E-state index >= 15 is 0 Å². The Labute approximate surface area is 210 Å². The lowest BCUT2D eigenvalue weighted by Crippen LogP contribution is -2.38. The minimum absolute atomic E-state index is 0.00444. The van der Waals surface area contributed by atoms with Gasteiger partial charge in [-0.05, 0) is 69.0 Å². The Hall–Kier alpha value is -3.45. The Balaban J connectivity index is 1.17. The van der Waals surface area contributed by atoms with Crippen molar-refractivity contribution in [3.05, 3.63) is 76.9 Å². The lowest BCUT2D eigenvalue weighted by atomic mass is 9.95. The quantitative estimate of drug-likeness (QED) is 0.334. The highest BCUT2D eigenvalue weighted by Gasteiger charge is 2.27. The Kier molecular flexibility index (Phi) is 6.68. The van der Waals surface area contributed by atoms with Gasteiger partial charge in [0.25, 0.3) is 0 Å². The number of thiophene rings is 1. The number of hydrogen-bond donors (Lipinski definition) is 2. The topological polar surface area (TPSA) is 70.2 Å². The normalized spacial score (nSPS) is 15.2. The molecule has 5 rings (SSSR count). The number of aryl methyl sites for hydroxylation is 2. The van der Waals surface area contributed by atoms with E-state index in [1.807, 2.05) is 30.3 Å². The molecule has 35 heavy (non-hydrogen) atoms. The Bertz CT molecular complexity index is 1310. The summed E-state index contributed by atoms with van der Waals surface area (Å²) < 4.78 is 0. The highest BCUT2D eigenvalue weighted by atomic mass is 32.1. The number of nitrogens with one attached hydrogen (secondary N) is 2. The lowest BCUT2D eigenvalue weighted by Gasteiger charge is -2.32. The van der Waals surface area contributed by atoms with E-state index < -0.39 is 0 Å². The van der Waals surface area contributed by atoms with Gasteiger partial charge in [-0.2, -0.15) is 0 Å². The summed E-state index contributed by atoms with van der Waals surface area (Å²) in [5.74, 6) is 1.10. The number of benzene rings is 2. The Morgan fingerprint density at radius 1 is 1.00 bits per heavy atom. The molecular formula is C28H31N5OS. The molecule has 0 aliphatic carbocycles. The molecule has 180 valence electrons. The van der Waals surface area contributed by atoms with Crippen molar-refractivity contribution in [3.63, 3.8) is 0 Å². The van der Waals surface area contributed by atoms with Gasteiger partial charge in [0.15, 0.2) is 0 Å². The maximum atomic E-state index is 13.0. The van der Waals surface area contributed by atoms with Gasteiger partial charge in [0.1, 0.15) is 17.0 Å². The van der Waals surface area contributed by atoms with Gasteiger partial charge in [-0.3, -0.25) is 4.79 Å². The number of nitrogens with zero attached hydrogens (tertiary/aromatic N) is 3. The SMILES string of the molecule is Cc1sc2ncnc(N3CCC(C(=O)Nc4ccc(NC(C)c5ccccc5)cc4)CC3)c2c1C. The average Bonchev–Trinajstić information content (AvgIpc) is 3.19. The molecule has 2 aromatic carbocycles. The molecule has 3 heterocycles. The van der Waals surface area contributed by atoms with Gasteiger partial charge in [0, 0.05) is 41.3 Å². The minimum Gasteiger partial charge on any atom is -0.379 e. The van der Waals surface area contributed by atoms with E-state index in [0.29, 0.717) is 0 Å². The molecule has 0 saturated carbocycles. The van der Waals surface area contributed by atoms with Crippen LogP contribution in [0, 0.1) is 19.8 Å². The highest BCUT2D eigenvalue weighted by Crippen LogP contribution is 2.35. The molecule has 1 fully saturated rings. The third kappa shape index (κ3) is 5.00. The molecular weight excluding hydrogens is 454 g/mol. The Morgan fingerprint density at radius 3 is 2.40 bits per heavy atom. The zero-order valence-corrected chi connectivity index (χ0v) is 21.2. The van der Waals surface area contributed by atoms with Gasteiger partial charge >= 0.3 is 0 Å². The fraction of sp³-hybridized carbons (Fsp3) is 0.321. The highest BCUT2D eigenvalue weighted by molar-refractivity contribution is 7.18. The molecule has 1 saturated heterocycles. The van der Waals surface area contributed by atoms with Gasteiger partial charge in [-0.15, -0.1) is 11.3 Å². The maximum Gasteiger partial charge on any atom is 0.227 e. The molecule has 1 aliphatic rings. The summed E-state index contributed by atoms with van der Waals surface area (Å²) in [5, 5.41) is 7.78. The number of hydrogen-bond acceptors (Lipinski definition) is 6. The van der Waals surface area contributed by atoms with Crippen LogP contribution in [0.1, 0.15) is 41.8 Å². The van der Waals surface area contributed by atoms with Crippen molar-refractivity contribution in [2.75, 3.05) is 28.6 Å². The first-order valence-corrected chi connectivity index (χ1v) is 13.0. The van der Waals surface area contributed by atoms with E-state index in [4.69, 9.17) is 0 Å². The van der Waals surface area contributed by atoms with Crippen molar-refractivity contribution in [1.29, 1.82) is 0 Å². The maximum absolute atomic E-state index is 13.0. The summed E-state index contributed by atoms with van der Waals surface area (Å²) in [6.07, 6.45) is 3.28. The number of carbonyl (C=O) groups is 1. The predicted octanol–water partition coefficient (Wildman–Crippen LogP) is 6.34. The third-order valence-corrected chi connectivity index (χ3v) is 8.06. The molecule has 4 aromatic rings. The zero-order chi connectivity index (χ0) is 24.4. The van der Waals surface area contributed by atoms with Crippen molar-refractivity contribution in [3.8, 4) is 0 Å². The van der Waals surface area contributed by atoms with Crippen molar-refractivity contribution in [2.45, 2.75) is 39.7 Å². The summed E-state index contributed by atoms with van der Waals surface area (Å²) in [7, 11) is 0. The molecule has 1 atom stereocenters. The number of amides is 1. The standard InChI is InChI=1S/C28H31N5OS/c1-18-20(3)35-28-25(18)26(29-17-30-28)33-15-13-22(14-16-33)27(34)32-24-11-9-23(10-12-24)31-19(2)21-7-5-4-6-8-21/h4-12,17,19,22,31H,13-16H2,1-3H3,(H,32,34). The second-order valence-electron chi connectivity index (χ2n) is 9.27. The second kappa shape index (κ2) is 10.0. The van der Waals surface area contributed by atoms with Crippen LogP contribution in [0.15, 0.2) is 60.9 Å². The van der Waals surface area contributed by atoms with Crippen LogP contribution < -0.4 is 15.5 Å². The first kappa shape index (κ1) is 23.3. The van der Waals surface area contributed by atoms with Crippen molar-refractivity contribution < 1.29 is 4.79 Å². The molecule has 0 spiro atoms. The first-order chi connectivity index (χ1) is 17.0. The fourth-order valence-corrected chi connectivity index (χ4v) is 5.72. The van der Waals surface area contributed by atoms with Crippen LogP contribution in [-0.4, -0.2) is 29.0 Å². The molecule has 1 unspecified atom stereocenters. The van der Waals surface area contributed by atoms with E-state index in [9.17, 15) is 4.79 Å². The van der Waals surface area contributed by atoms with E-state index in [0.717, 1.165) is 53.3 Å². The van der Waals surface area contributed by atoms with E-state index in [1.54, 1.807) is 17.7 Å². The summed E-state index contributed by atoms with van der Waals surface area (Å²) in [4.78, 5) is 26.7. The van der Waals surface area contributed by atoms with Crippen LogP contribution in [0.25, 0.3) is 10.2 Å². The fourth-order valence-electron chi connectivity index (χ4n) is 4.73. The second-order valence-corrected chi connectivity index (χ2v) is 10.5. The molecule has 0 bridgehead atoms. The largest absolute Gasteiger partial charge is 0.379 e. The van der Waals surface area contributed by atoms with Crippen molar-refractivity contribution >= 4 is 44.7 Å². The van der Waals surface area contributed by atoms with Crippen LogP contribution >= 0.6 is 11.3 Å². The number of aromatic nitrogens is 2. The summed E-state index contributed by atoms with van der Waals surface area (Å²) >= 11 is 1.72. The van der Waals surface area contributed by atoms with E-state index in [2.05, 4.69) is 70.5 Å². The van der Waals surface area contributed by atoms with Gasteiger partial charge in [0.05, 0.1) is 5.39 Å². The lowest BCUT2D eigenvalue weighted by molar-refractivity contribution is -0.120. The van der Waals surface area contributed by atoms with Crippen LogP contribution in [-0.2, 0) is 4.79 Å². The minimum atomic E-state index is 0.00444. The van der Waals surface area contributed by atoms with Crippen LogP contribution in [0.2, 0.25) is 0 Å². The van der Waals surface area contributed by atoms with E-state index in [1.165, 1.54) is 16.0 Å². The molecule has 2 N–H and O–H groups in total. The van der Waals surface area contributed by atoms with Crippen LogP contribution in [0.3, 0.4) is 0 Å². The third-order valence-electron chi connectivity index (χ3n) is 6.95. The monoisotopic (exact) mass is 485 g/mol. The number of piperidine rings is 1. The van der Waals surface area contributed by atoms with Crippen LogP contribution in [0.5, 0.6) is 0 Å². The van der Waals surface area contributed by atoms with Crippen LogP contribution in [0.4, 0.5) is 17.2 Å². The predicted molar refractivity (Wildman–Crippen MR) is 145 cm³/mol. The number of carbonyl (C=O) groups excluding carboxylic acids is 1. The molecule has 7 heteroatoms. The number of fused-ring (bicyclic) bond motifs is 1. The molecule has 1 aliphatic heterocycles. The first-order valence-electron chi connectivity index (χ1n) is 12.2. The van der Waals surface area contributed by atoms with Gasteiger partial charge < -0.3 is 15.5 Å². The van der Waals surface area contributed by atoms with Crippen molar-refractivity contribution in [2.24, 2.45) is 5.92 Å². The van der Waals surface area contributed by atoms with Gasteiger partial charge in [-0.25, -0.2) is 9.97 Å². The van der Waals surface area contributed by atoms with Gasteiger partial charge in [0.2, 0.25) is 5.91 Å². The molecule has 6 nitrogen and oxygen atoms in total. The molecule has 0 radical (unpaired) electrons. The average molecular weight is 486 g/mol. The van der Waals surface area contributed by atoms with Crippen molar-refractivity contribution in [1.82, 2.24) is 9.97 Å². The number of rotatable bonds is 6. The summed E-state index contributed by atoms with van der Waals surface area (Å²) in [6.45, 7) is 8.06. The summed E-state index contributed by atoms with van der Waals surface area (Å²) in [5.41, 5.74) is 4.36. The number of anilines is 3. The molecule has 1 amide bonds. The smallest absolute Gasteiger partial charge is 0.227 e. The Morgan fingerprint density at radius 2 is 1.69 bits per heavy atom.